The highest BCUT2D eigenvalue weighted by molar-refractivity contribution is 7.92. The number of rotatable bonds is 2. The van der Waals surface area contributed by atoms with E-state index in [0.29, 0.717) is 5.69 Å². The van der Waals surface area contributed by atoms with E-state index < -0.39 is 10.0 Å². The van der Waals surface area contributed by atoms with Crippen LogP contribution in [-0.2, 0) is 10.0 Å². The summed E-state index contributed by atoms with van der Waals surface area (Å²) >= 11 is 0. The maximum atomic E-state index is 10.9. The van der Waals surface area contributed by atoms with Crippen LogP contribution in [0.2, 0.25) is 0 Å². The van der Waals surface area contributed by atoms with Crippen LogP contribution in [0.15, 0.2) is 18.2 Å². The van der Waals surface area contributed by atoms with Gasteiger partial charge in [0.15, 0.2) is 0 Å². The second-order valence-corrected chi connectivity index (χ2v) is 4.54. The van der Waals surface area contributed by atoms with E-state index in [9.17, 15) is 8.42 Å². The first kappa shape index (κ1) is 10.3. The van der Waals surface area contributed by atoms with Gasteiger partial charge in [-0.05, 0) is 18.2 Å². The highest BCUT2D eigenvalue weighted by Gasteiger charge is 2.06. The second-order valence-electron chi connectivity index (χ2n) is 2.79. The van der Waals surface area contributed by atoms with Gasteiger partial charge < -0.3 is 5.73 Å². The zero-order valence-corrected chi connectivity index (χ0v) is 8.30. The Morgan fingerprint density at radius 1 is 1.50 bits per heavy atom. The highest BCUT2D eigenvalue weighted by atomic mass is 32.2. The topological polar surface area (TPSA) is 96.0 Å². The first-order valence-electron chi connectivity index (χ1n) is 3.70. The molecule has 5 nitrogen and oxygen atoms in total. The SMILES string of the molecule is CS(=O)(=O)Nc1ccc(N)cc1C#N. The number of nitriles is 1. The number of nitrogens with zero attached hydrogens (tertiary/aromatic N) is 1. The molecule has 0 atom stereocenters. The molecule has 0 unspecified atom stereocenters. The second kappa shape index (κ2) is 3.55. The molecule has 0 saturated carbocycles. The normalized spacial score (nSPS) is 10.6. The van der Waals surface area contributed by atoms with Crippen molar-refractivity contribution < 1.29 is 8.42 Å². The molecule has 0 heterocycles. The molecule has 0 radical (unpaired) electrons. The molecule has 0 fully saturated rings. The molecule has 0 aromatic heterocycles. The van der Waals surface area contributed by atoms with Gasteiger partial charge in [-0.15, -0.1) is 0 Å². The van der Waals surface area contributed by atoms with Gasteiger partial charge in [-0.1, -0.05) is 0 Å². The molecular formula is C8H9N3O2S. The molecule has 1 rings (SSSR count). The molecule has 6 heteroatoms. The smallest absolute Gasteiger partial charge is 0.229 e. The third-order valence-electron chi connectivity index (χ3n) is 1.46. The van der Waals surface area contributed by atoms with E-state index in [-0.39, 0.29) is 11.3 Å². The summed E-state index contributed by atoms with van der Waals surface area (Å²) in [5.74, 6) is 0. The summed E-state index contributed by atoms with van der Waals surface area (Å²) in [5.41, 5.74) is 6.30. The van der Waals surface area contributed by atoms with E-state index in [0.717, 1.165) is 6.26 Å². The fourth-order valence-corrected chi connectivity index (χ4v) is 1.52. The molecule has 0 saturated heterocycles. The zero-order chi connectivity index (χ0) is 10.8. The van der Waals surface area contributed by atoms with Crippen molar-refractivity contribution in [2.45, 2.75) is 0 Å². The van der Waals surface area contributed by atoms with Gasteiger partial charge in [-0.3, -0.25) is 4.72 Å². The quantitative estimate of drug-likeness (QED) is 0.696. The van der Waals surface area contributed by atoms with Crippen molar-refractivity contribution in [3.63, 3.8) is 0 Å². The van der Waals surface area contributed by atoms with Crippen LogP contribution in [0.4, 0.5) is 11.4 Å². The Kier molecular flexibility index (Phi) is 2.63. The van der Waals surface area contributed by atoms with Crippen molar-refractivity contribution >= 4 is 21.4 Å². The standard InChI is InChI=1S/C8H9N3O2S/c1-14(12,13)11-8-3-2-7(10)4-6(8)5-9/h2-4,11H,10H2,1H3. The lowest BCUT2D eigenvalue weighted by Crippen LogP contribution is -2.10. The van der Waals surface area contributed by atoms with Crippen molar-refractivity contribution in [1.82, 2.24) is 0 Å². The van der Waals surface area contributed by atoms with Crippen molar-refractivity contribution in [3.8, 4) is 6.07 Å². The number of hydrogen-bond acceptors (Lipinski definition) is 4. The first-order valence-corrected chi connectivity index (χ1v) is 5.59. The summed E-state index contributed by atoms with van der Waals surface area (Å²) in [6.45, 7) is 0. The van der Waals surface area contributed by atoms with Gasteiger partial charge in [0.2, 0.25) is 10.0 Å². The Balaban J connectivity index is 3.17. The molecule has 0 spiro atoms. The third kappa shape index (κ3) is 2.64. The molecule has 1 aromatic carbocycles. The van der Waals surface area contributed by atoms with Crippen LogP contribution >= 0.6 is 0 Å². The van der Waals surface area contributed by atoms with Crippen LogP contribution in [0.1, 0.15) is 5.56 Å². The molecule has 1 aromatic rings. The summed E-state index contributed by atoms with van der Waals surface area (Å²) < 4.78 is 24.0. The van der Waals surface area contributed by atoms with Gasteiger partial charge in [-0.25, -0.2) is 8.42 Å². The van der Waals surface area contributed by atoms with Crippen molar-refractivity contribution in [1.29, 1.82) is 5.26 Å². The Morgan fingerprint density at radius 2 is 2.14 bits per heavy atom. The van der Waals surface area contributed by atoms with E-state index in [1.807, 2.05) is 6.07 Å². The minimum absolute atomic E-state index is 0.204. The predicted octanol–water partition coefficient (Wildman–Crippen LogP) is 0.512. The average molecular weight is 211 g/mol. The van der Waals surface area contributed by atoms with Crippen LogP contribution in [0.25, 0.3) is 0 Å². The number of benzene rings is 1. The number of nitrogens with two attached hydrogens (primary N) is 1. The van der Waals surface area contributed by atoms with E-state index in [4.69, 9.17) is 11.0 Å². The van der Waals surface area contributed by atoms with Crippen molar-refractivity contribution in [2.75, 3.05) is 16.7 Å². The summed E-state index contributed by atoms with van der Waals surface area (Å²) in [7, 11) is -3.36. The minimum atomic E-state index is -3.36. The average Bonchev–Trinajstić information content (AvgIpc) is 2.06. The van der Waals surface area contributed by atoms with Crippen LogP contribution in [-0.4, -0.2) is 14.7 Å². The Morgan fingerprint density at radius 3 is 2.64 bits per heavy atom. The number of hydrogen-bond donors (Lipinski definition) is 2. The van der Waals surface area contributed by atoms with Gasteiger partial charge in [0.1, 0.15) is 6.07 Å². The fraction of sp³-hybridized carbons (Fsp3) is 0.125. The summed E-state index contributed by atoms with van der Waals surface area (Å²) in [6, 6.07) is 6.24. The summed E-state index contributed by atoms with van der Waals surface area (Å²) in [5, 5.41) is 8.70. The van der Waals surface area contributed by atoms with E-state index in [2.05, 4.69) is 4.72 Å². The Labute approximate surface area is 82.2 Å². The fourth-order valence-electron chi connectivity index (χ4n) is 0.943. The largest absolute Gasteiger partial charge is 0.399 e. The Bertz CT molecular complexity index is 488. The maximum absolute atomic E-state index is 10.9. The van der Waals surface area contributed by atoms with Gasteiger partial charge in [-0.2, -0.15) is 5.26 Å². The lowest BCUT2D eigenvalue weighted by molar-refractivity contribution is 0.607. The summed E-state index contributed by atoms with van der Waals surface area (Å²) in [6.07, 6.45) is 1.02. The van der Waals surface area contributed by atoms with Crippen LogP contribution in [0.3, 0.4) is 0 Å². The van der Waals surface area contributed by atoms with E-state index in [1.54, 1.807) is 0 Å². The monoisotopic (exact) mass is 211 g/mol. The number of nitrogens with one attached hydrogen (secondary N) is 1. The van der Waals surface area contributed by atoms with Crippen molar-refractivity contribution in [2.24, 2.45) is 0 Å². The molecule has 3 N–H and O–H groups in total. The van der Waals surface area contributed by atoms with E-state index >= 15 is 0 Å². The van der Waals surface area contributed by atoms with Gasteiger partial charge in [0.05, 0.1) is 17.5 Å². The van der Waals surface area contributed by atoms with Gasteiger partial charge in [0.25, 0.3) is 0 Å². The molecule has 14 heavy (non-hydrogen) atoms. The summed E-state index contributed by atoms with van der Waals surface area (Å²) in [4.78, 5) is 0. The Hall–Kier alpha value is -1.74. The third-order valence-corrected chi connectivity index (χ3v) is 2.05. The molecule has 0 aliphatic carbocycles. The van der Waals surface area contributed by atoms with Crippen LogP contribution < -0.4 is 10.5 Å². The number of nitrogen functional groups attached to an aromatic ring is 1. The molecule has 0 aliphatic rings. The maximum Gasteiger partial charge on any atom is 0.229 e. The molecule has 0 bridgehead atoms. The van der Waals surface area contributed by atoms with Gasteiger partial charge >= 0.3 is 0 Å². The van der Waals surface area contributed by atoms with E-state index in [1.165, 1.54) is 18.2 Å². The highest BCUT2D eigenvalue weighted by Crippen LogP contribution is 2.18. The van der Waals surface area contributed by atoms with Gasteiger partial charge in [0, 0.05) is 5.69 Å². The number of sulfonamides is 1. The number of anilines is 2. The lowest BCUT2D eigenvalue weighted by Gasteiger charge is -2.05. The van der Waals surface area contributed by atoms with Crippen LogP contribution in [0, 0.1) is 11.3 Å². The predicted molar refractivity (Wildman–Crippen MR) is 54.0 cm³/mol. The molecular weight excluding hydrogens is 202 g/mol. The van der Waals surface area contributed by atoms with Crippen LogP contribution in [0.5, 0.6) is 0 Å². The lowest BCUT2D eigenvalue weighted by atomic mass is 10.2. The molecule has 74 valence electrons. The molecule has 0 amide bonds. The zero-order valence-electron chi connectivity index (χ0n) is 7.48. The first-order chi connectivity index (χ1) is 6.42. The molecule has 0 aliphatic heterocycles. The minimum Gasteiger partial charge on any atom is -0.399 e. The van der Waals surface area contributed by atoms with Crippen molar-refractivity contribution in [3.05, 3.63) is 23.8 Å².